The van der Waals surface area contributed by atoms with E-state index in [-0.39, 0.29) is 47.6 Å². The maximum atomic E-state index is 13.1. The van der Waals surface area contributed by atoms with Crippen LogP contribution in [0.2, 0.25) is 0 Å². The third-order valence-electron chi connectivity index (χ3n) is 5.49. The van der Waals surface area contributed by atoms with Gasteiger partial charge in [-0.3, -0.25) is 9.59 Å². The van der Waals surface area contributed by atoms with Crippen LogP contribution in [0.5, 0.6) is 0 Å². The van der Waals surface area contributed by atoms with Crippen molar-refractivity contribution in [2.75, 3.05) is 19.6 Å². The van der Waals surface area contributed by atoms with E-state index in [1.54, 1.807) is 30.9 Å². The highest BCUT2D eigenvalue weighted by Gasteiger charge is 2.31. The van der Waals surface area contributed by atoms with Crippen LogP contribution in [-0.2, 0) is 21.4 Å². The van der Waals surface area contributed by atoms with E-state index in [4.69, 9.17) is 0 Å². The molecule has 3 N–H and O–H groups in total. The molecule has 0 bridgehead atoms. The van der Waals surface area contributed by atoms with Crippen LogP contribution in [0.25, 0.3) is 0 Å². The predicted molar refractivity (Wildman–Crippen MR) is 118 cm³/mol. The van der Waals surface area contributed by atoms with Crippen LogP contribution < -0.4 is 10.0 Å². The van der Waals surface area contributed by atoms with E-state index >= 15 is 0 Å². The first-order valence-electron chi connectivity index (χ1n) is 10.7. The summed E-state index contributed by atoms with van der Waals surface area (Å²) in [4.78, 5) is 29.7. The van der Waals surface area contributed by atoms with E-state index in [2.05, 4.69) is 15.0 Å². The highest BCUT2D eigenvalue weighted by molar-refractivity contribution is 7.89. The van der Waals surface area contributed by atoms with Gasteiger partial charge in [0.25, 0.3) is 5.91 Å². The molecule has 0 radical (unpaired) electrons. The summed E-state index contributed by atoms with van der Waals surface area (Å²) >= 11 is 0. The molecule has 1 aliphatic rings. The Balaban J connectivity index is 1.62. The summed E-state index contributed by atoms with van der Waals surface area (Å²) < 4.78 is 41.4. The van der Waals surface area contributed by atoms with Crippen molar-refractivity contribution in [3.05, 3.63) is 52.6 Å². The van der Waals surface area contributed by atoms with Crippen LogP contribution >= 0.6 is 0 Å². The van der Waals surface area contributed by atoms with Gasteiger partial charge in [-0.2, -0.15) is 0 Å². The Hall–Kier alpha value is -2.72. The number of amides is 2. The number of carbonyl (C=O) groups is 2. The molecule has 0 atom stereocenters. The van der Waals surface area contributed by atoms with Gasteiger partial charge in [0.1, 0.15) is 10.7 Å². The fourth-order valence-corrected chi connectivity index (χ4v) is 5.35. The molecule has 2 heterocycles. The van der Waals surface area contributed by atoms with Crippen molar-refractivity contribution >= 4 is 21.8 Å². The maximum Gasteiger partial charge on any atom is 0.257 e. The average molecular weight is 465 g/mol. The summed E-state index contributed by atoms with van der Waals surface area (Å²) in [6.07, 6.45) is 2.80. The number of halogens is 1. The van der Waals surface area contributed by atoms with Gasteiger partial charge < -0.3 is 15.2 Å². The Kier molecular flexibility index (Phi) is 7.68. The summed E-state index contributed by atoms with van der Waals surface area (Å²) in [5.74, 6) is -0.990. The maximum absolute atomic E-state index is 13.1. The fourth-order valence-electron chi connectivity index (χ4n) is 3.87. The van der Waals surface area contributed by atoms with Crippen molar-refractivity contribution in [2.24, 2.45) is 0 Å². The van der Waals surface area contributed by atoms with Crippen LogP contribution in [0.15, 0.2) is 29.2 Å². The van der Waals surface area contributed by atoms with Gasteiger partial charge in [0, 0.05) is 44.0 Å². The molecule has 32 heavy (non-hydrogen) atoms. The minimum absolute atomic E-state index is 0.0581. The number of likely N-dealkylation sites (tertiary alicyclic amines) is 1. The SMILES string of the molecule is Cc1[nH]c(C)c(S(=O)(=O)NCCC(=O)NCc2ccc(F)cc2)c1C(=O)N1CCCCC1. The third kappa shape index (κ3) is 5.74. The molecular formula is C22H29FN4O4S. The van der Waals surface area contributed by atoms with Gasteiger partial charge in [-0.25, -0.2) is 17.5 Å². The molecule has 2 amide bonds. The number of nitrogens with zero attached hydrogens (tertiary/aromatic N) is 1. The minimum Gasteiger partial charge on any atom is -0.361 e. The van der Waals surface area contributed by atoms with Crippen LogP contribution in [0.4, 0.5) is 4.39 Å². The monoisotopic (exact) mass is 464 g/mol. The summed E-state index contributed by atoms with van der Waals surface area (Å²) in [5.41, 5.74) is 1.80. The van der Waals surface area contributed by atoms with Crippen molar-refractivity contribution in [3.63, 3.8) is 0 Å². The van der Waals surface area contributed by atoms with Crippen molar-refractivity contribution in [2.45, 2.75) is 51.0 Å². The molecule has 0 aliphatic carbocycles. The Morgan fingerprint density at radius 2 is 1.72 bits per heavy atom. The zero-order valence-electron chi connectivity index (χ0n) is 18.3. The molecule has 2 aromatic rings. The molecule has 0 unspecified atom stereocenters. The predicted octanol–water partition coefficient (Wildman–Crippen LogP) is 2.38. The number of aromatic amines is 1. The van der Waals surface area contributed by atoms with Crippen molar-refractivity contribution in [1.82, 2.24) is 19.9 Å². The van der Waals surface area contributed by atoms with E-state index in [1.807, 2.05) is 0 Å². The van der Waals surface area contributed by atoms with E-state index in [0.29, 0.717) is 24.5 Å². The zero-order valence-corrected chi connectivity index (χ0v) is 19.1. The van der Waals surface area contributed by atoms with E-state index in [9.17, 15) is 22.4 Å². The number of H-pyrrole nitrogens is 1. The van der Waals surface area contributed by atoms with Gasteiger partial charge in [-0.15, -0.1) is 0 Å². The molecule has 0 saturated carbocycles. The second-order valence-electron chi connectivity index (χ2n) is 7.98. The molecule has 3 rings (SSSR count). The Morgan fingerprint density at radius 3 is 2.38 bits per heavy atom. The lowest BCUT2D eigenvalue weighted by molar-refractivity contribution is -0.121. The van der Waals surface area contributed by atoms with Gasteiger partial charge >= 0.3 is 0 Å². The molecular weight excluding hydrogens is 435 g/mol. The summed E-state index contributed by atoms with van der Waals surface area (Å²) in [6, 6.07) is 5.74. The Morgan fingerprint density at radius 1 is 1.06 bits per heavy atom. The number of carbonyl (C=O) groups excluding carboxylic acids is 2. The highest BCUT2D eigenvalue weighted by Crippen LogP contribution is 2.26. The number of aromatic nitrogens is 1. The lowest BCUT2D eigenvalue weighted by atomic mass is 10.1. The van der Waals surface area contributed by atoms with Gasteiger partial charge in [0.2, 0.25) is 15.9 Å². The largest absolute Gasteiger partial charge is 0.361 e. The van der Waals surface area contributed by atoms with Crippen LogP contribution in [-0.4, -0.2) is 49.8 Å². The highest BCUT2D eigenvalue weighted by atomic mass is 32.2. The fraction of sp³-hybridized carbons (Fsp3) is 0.455. The van der Waals surface area contributed by atoms with Crippen molar-refractivity contribution in [1.29, 1.82) is 0 Å². The minimum atomic E-state index is -4.00. The Bertz CT molecular complexity index is 1070. The number of aryl methyl sites for hydroxylation is 2. The molecule has 1 saturated heterocycles. The van der Waals surface area contributed by atoms with Crippen LogP contribution in [0.3, 0.4) is 0 Å². The van der Waals surface area contributed by atoms with Gasteiger partial charge in [-0.1, -0.05) is 12.1 Å². The summed E-state index contributed by atoms with van der Waals surface area (Å²) in [6.45, 7) is 4.64. The molecule has 1 aromatic carbocycles. The van der Waals surface area contributed by atoms with E-state index < -0.39 is 10.0 Å². The molecule has 174 valence electrons. The molecule has 8 nitrogen and oxygen atoms in total. The van der Waals surface area contributed by atoms with Crippen LogP contribution in [0, 0.1) is 19.7 Å². The standard InChI is InChI=1S/C22H29FN4O4S/c1-15-20(22(29)27-12-4-3-5-13-27)21(16(2)26-15)32(30,31)25-11-10-19(28)24-14-17-6-8-18(23)9-7-17/h6-9,25-26H,3-5,10-14H2,1-2H3,(H,24,28). The zero-order chi connectivity index (χ0) is 23.3. The first-order chi connectivity index (χ1) is 15.2. The third-order valence-corrected chi connectivity index (χ3v) is 7.12. The van der Waals surface area contributed by atoms with Gasteiger partial charge in [0.05, 0.1) is 5.56 Å². The Labute approximate surface area is 187 Å². The lowest BCUT2D eigenvalue weighted by Crippen LogP contribution is -2.37. The second kappa shape index (κ2) is 10.3. The molecule has 1 aromatic heterocycles. The topological polar surface area (TPSA) is 111 Å². The van der Waals surface area contributed by atoms with E-state index in [0.717, 1.165) is 24.8 Å². The second-order valence-corrected chi connectivity index (χ2v) is 9.69. The lowest BCUT2D eigenvalue weighted by Gasteiger charge is -2.27. The first-order valence-corrected chi connectivity index (χ1v) is 12.2. The number of hydrogen-bond donors (Lipinski definition) is 3. The smallest absolute Gasteiger partial charge is 0.257 e. The number of rotatable bonds is 8. The molecule has 10 heteroatoms. The van der Waals surface area contributed by atoms with Crippen molar-refractivity contribution in [3.8, 4) is 0 Å². The number of benzene rings is 1. The van der Waals surface area contributed by atoms with Gasteiger partial charge in [-0.05, 0) is 50.8 Å². The first kappa shape index (κ1) is 23.9. The quantitative estimate of drug-likeness (QED) is 0.557. The van der Waals surface area contributed by atoms with Crippen LogP contribution in [0.1, 0.15) is 53.0 Å². The number of piperidine rings is 1. The molecule has 1 aliphatic heterocycles. The van der Waals surface area contributed by atoms with Crippen molar-refractivity contribution < 1.29 is 22.4 Å². The summed E-state index contributed by atoms with van der Waals surface area (Å²) in [5, 5.41) is 2.67. The average Bonchev–Trinajstić information content (AvgIpc) is 3.07. The van der Waals surface area contributed by atoms with Gasteiger partial charge in [0.15, 0.2) is 0 Å². The summed E-state index contributed by atoms with van der Waals surface area (Å²) in [7, 11) is -4.00. The molecule has 1 fully saturated rings. The normalized spacial score (nSPS) is 14.4. The number of nitrogens with one attached hydrogen (secondary N) is 3. The molecule has 0 spiro atoms. The number of hydrogen-bond acceptors (Lipinski definition) is 4. The number of sulfonamides is 1. The van der Waals surface area contributed by atoms with E-state index in [1.165, 1.54) is 12.1 Å².